The number of piperidine rings is 1. The van der Waals surface area contributed by atoms with Gasteiger partial charge in [0, 0.05) is 33.2 Å². The molecule has 3 rings (SSSR count). The van der Waals surface area contributed by atoms with Crippen molar-refractivity contribution in [3.05, 3.63) is 24.2 Å². The third-order valence-corrected chi connectivity index (χ3v) is 4.78. The van der Waals surface area contributed by atoms with Crippen molar-refractivity contribution >= 4 is 34.2 Å². The molecule has 134 valence electrons. The van der Waals surface area contributed by atoms with E-state index in [0.717, 1.165) is 42.4 Å². The zero-order valence-electron chi connectivity index (χ0n) is 14.7. The summed E-state index contributed by atoms with van der Waals surface area (Å²) in [5.74, 6) is 1.51. The molecule has 3 heterocycles. The number of amides is 2. The van der Waals surface area contributed by atoms with Gasteiger partial charge in [0.15, 0.2) is 5.82 Å². The number of hydrogen-bond acceptors (Lipinski definition) is 7. The first-order valence-corrected chi connectivity index (χ1v) is 9.04. The molecule has 0 unspecified atom stereocenters. The number of nitrogens with zero attached hydrogens (tertiary/aromatic N) is 5. The zero-order valence-corrected chi connectivity index (χ0v) is 15.5. The fraction of sp³-hybridized carbons (Fsp3) is 0.500. The Kier molecular flexibility index (Phi) is 5.32. The summed E-state index contributed by atoms with van der Waals surface area (Å²) in [5.41, 5.74) is 0.979. The summed E-state index contributed by atoms with van der Waals surface area (Å²) in [6.07, 6.45) is 5.44. The largest absolute Gasteiger partial charge is 0.353 e. The Balaban J connectivity index is 1.66. The number of urea groups is 1. The first-order chi connectivity index (χ1) is 12.0. The summed E-state index contributed by atoms with van der Waals surface area (Å²) in [7, 11) is 3.50. The smallest absolute Gasteiger partial charge is 0.317 e. The molecule has 0 aliphatic carbocycles. The van der Waals surface area contributed by atoms with Gasteiger partial charge in [0.05, 0.1) is 18.1 Å². The summed E-state index contributed by atoms with van der Waals surface area (Å²) in [4.78, 5) is 24.5. The van der Waals surface area contributed by atoms with Crippen molar-refractivity contribution in [2.75, 3.05) is 37.4 Å². The Morgan fingerprint density at radius 1 is 1.40 bits per heavy atom. The van der Waals surface area contributed by atoms with E-state index in [1.54, 1.807) is 31.4 Å². The van der Waals surface area contributed by atoms with Gasteiger partial charge in [0.2, 0.25) is 0 Å². The molecule has 8 nitrogen and oxygen atoms in total. The number of carbonyl (C=O) groups excluding carboxylic acids is 1. The summed E-state index contributed by atoms with van der Waals surface area (Å²) in [5, 5.41) is 7.24. The fourth-order valence-electron chi connectivity index (χ4n) is 2.72. The molecule has 2 aromatic rings. The lowest BCUT2D eigenvalue weighted by molar-refractivity contribution is 0.211. The van der Waals surface area contributed by atoms with Gasteiger partial charge in [0.25, 0.3) is 0 Å². The molecule has 1 saturated heterocycles. The highest BCUT2D eigenvalue weighted by Crippen LogP contribution is 2.23. The molecule has 2 amide bonds. The van der Waals surface area contributed by atoms with Gasteiger partial charge in [0.1, 0.15) is 10.8 Å². The second-order valence-corrected chi connectivity index (χ2v) is 7.15. The van der Waals surface area contributed by atoms with E-state index in [4.69, 9.17) is 0 Å². The minimum atomic E-state index is -0.0612. The maximum Gasteiger partial charge on any atom is 0.317 e. The van der Waals surface area contributed by atoms with Crippen molar-refractivity contribution in [2.45, 2.75) is 25.8 Å². The SMILES string of the molecule is Cc1cc(Nc2cncc(N3CCC[C@@H](NC(=O)N(C)C)C3)n2)sn1. The molecular formula is C16H23N7OS. The molecule has 0 bridgehead atoms. The maximum absolute atomic E-state index is 11.9. The summed E-state index contributed by atoms with van der Waals surface area (Å²) < 4.78 is 4.25. The molecule has 1 aliphatic heterocycles. The minimum Gasteiger partial charge on any atom is -0.353 e. The molecule has 2 aromatic heterocycles. The van der Waals surface area contributed by atoms with Gasteiger partial charge in [-0.2, -0.15) is 4.37 Å². The Labute approximate surface area is 151 Å². The fourth-order valence-corrected chi connectivity index (χ4v) is 3.39. The molecule has 2 N–H and O–H groups in total. The lowest BCUT2D eigenvalue weighted by atomic mass is 10.1. The minimum absolute atomic E-state index is 0.0612. The number of carbonyl (C=O) groups is 1. The van der Waals surface area contributed by atoms with Crippen molar-refractivity contribution in [3.8, 4) is 0 Å². The van der Waals surface area contributed by atoms with Gasteiger partial charge in [-0.05, 0) is 37.4 Å². The van der Waals surface area contributed by atoms with Crippen molar-refractivity contribution in [2.24, 2.45) is 0 Å². The van der Waals surface area contributed by atoms with Crippen LogP contribution in [0.4, 0.5) is 21.4 Å². The van der Waals surface area contributed by atoms with E-state index in [-0.39, 0.29) is 12.1 Å². The Morgan fingerprint density at radius 3 is 2.96 bits per heavy atom. The van der Waals surface area contributed by atoms with Crippen LogP contribution in [0.3, 0.4) is 0 Å². The highest BCUT2D eigenvalue weighted by atomic mass is 32.1. The molecule has 25 heavy (non-hydrogen) atoms. The average Bonchev–Trinajstić information content (AvgIpc) is 3.00. The topological polar surface area (TPSA) is 86.3 Å². The van der Waals surface area contributed by atoms with Crippen LogP contribution in [-0.2, 0) is 0 Å². The number of anilines is 3. The normalized spacial score (nSPS) is 17.2. The van der Waals surface area contributed by atoms with Crippen LogP contribution in [0.1, 0.15) is 18.5 Å². The molecule has 1 atom stereocenters. The highest BCUT2D eigenvalue weighted by Gasteiger charge is 2.23. The van der Waals surface area contributed by atoms with E-state index < -0.39 is 0 Å². The maximum atomic E-state index is 11.9. The second kappa shape index (κ2) is 7.64. The molecule has 0 spiro atoms. The average molecular weight is 361 g/mol. The van der Waals surface area contributed by atoms with Crippen molar-refractivity contribution in [3.63, 3.8) is 0 Å². The van der Waals surface area contributed by atoms with Crippen molar-refractivity contribution in [1.82, 2.24) is 24.6 Å². The monoisotopic (exact) mass is 361 g/mol. The molecule has 0 aromatic carbocycles. The molecule has 1 fully saturated rings. The molecule has 0 radical (unpaired) electrons. The van der Waals surface area contributed by atoms with E-state index in [9.17, 15) is 4.79 Å². The van der Waals surface area contributed by atoms with E-state index in [1.807, 2.05) is 13.0 Å². The van der Waals surface area contributed by atoms with E-state index in [1.165, 1.54) is 11.5 Å². The van der Waals surface area contributed by atoms with Gasteiger partial charge in [-0.25, -0.2) is 9.78 Å². The molecule has 9 heteroatoms. The van der Waals surface area contributed by atoms with Gasteiger partial charge in [-0.3, -0.25) is 4.98 Å². The summed E-state index contributed by atoms with van der Waals surface area (Å²) >= 11 is 1.40. The Bertz CT molecular complexity index is 733. The number of aryl methyl sites for hydroxylation is 1. The van der Waals surface area contributed by atoms with Gasteiger partial charge in [-0.1, -0.05) is 0 Å². The first kappa shape index (κ1) is 17.4. The summed E-state index contributed by atoms with van der Waals surface area (Å²) in [6, 6.07) is 2.03. The van der Waals surface area contributed by atoms with Gasteiger partial charge in [-0.15, -0.1) is 0 Å². The lowest BCUT2D eigenvalue weighted by Gasteiger charge is -2.34. The third-order valence-electron chi connectivity index (χ3n) is 3.98. The van der Waals surface area contributed by atoms with Crippen LogP contribution in [0.15, 0.2) is 18.5 Å². The predicted molar refractivity (Wildman–Crippen MR) is 99.6 cm³/mol. The Hall–Kier alpha value is -2.42. The third kappa shape index (κ3) is 4.56. The number of rotatable bonds is 4. The lowest BCUT2D eigenvalue weighted by Crippen LogP contribution is -2.50. The van der Waals surface area contributed by atoms with Gasteiger partial charge < -0.3 is 20.4 Å². The number of aromatic nitrogens is 3. The highest BCUT2D eigenvalue weighted by molar-refractivity contribution is 7.10. The molecular weight excluding hydrogens is 338 g/mol. The van der Waals surface area contributed by atoms with Crippen molar-refractivity contribution in [1.29, 1.82) is 0 Å². The standard InChI is InChI=1S/C16H23N7OS/c1-11-7-15(25-21-11)20-13-8-17-9-14(19-13)23-6-4-5-12(10-23)18-16(24)22(2)3/h7-9,12H,4-6,10H2,1-3H3,(H,18,24)(H,19,20)/t12-/m1/s1. The van der Waals surface area contributed by atoms with Gasteiger partial charge >= 0.3 is 6.03 Å². The molecule has 0 saturated carbocycles. The van der Waals surface area contributed by atoms with Crippen LogP contribution >= 0.6 is 11.5 Å². The van der Waals surface area contributed by atoms with Crippen LogP contribution < -0.4 is 15.5 Å². The zero-order chi connectivity index (χ0) is 17.8. The second-order valence-electron chi connectivity index (χ2n) is 6.35. The van der Waals surface area contributed by atoms with Crippen LogP contribution in [-0.4, -0.2) is 58.5 Å². The number of nitrogens with one attached hydrogen (secondary N) is 2. The van der Waals surface area contributed by atoms with Crippen LogP contribution in [0.25, 0.3) is 0 Å². The Morgan fingerprint density at radius 2 is 2.24 bits per heavy atom. The van der Waals surface area contributed by atoms with E-state index in [0.29, 0.717) is 5.82 Å². The predicted octanol–water partition coefficient (Wildman–Crippen LogP) is 2.23. The van der Waals surface area contributed by atoms with Crippen LogP contribution in [0.2, 0.25) is 0 Å². The quantitative estimate of drug-likeness (QED) is 0.868. The molecule has 1 aliphatic rings. The summed E-state index contributed by atoms with van der Waals surface area (Å²) in [6.45, 7) is 3.60. The van der Waals surface area contributed by atoms with Crippen molar-refractivity contribution < 1.29 is 4.79 Å². The van der Waals surface area contributed by atoms with Crippen LogP contribution in [0, 0.1) is 6.92 Å². The number of hydrogen-bond donors (Lipinski definition) is 2. The van der Waals surface area contributed by atoms with E-state index >= 15 is 0 Å². The van der Waals surface area contributed by atoms with Crippen LogP contribution in [0.5, 0.6) is 0 Å². The first-order valence-electron chi connectivity index (χ1n) is 8.26. The van der Waals surface area contributed by atoms with E-state index in [2.05, 4.69) is 29.9 Å².